The topological polar surface area (TPSA) is 67.2 Å². The lowest BCUT2D eigenvalue weighted by molar-refractivity contribution is -0.117. The smallest absolute Gasteiger partial charge is 0.291 e. The van der Waals surface area contributed by atoms with Gasteiger partial charge in [0.2, 0.25) is 5.91 Å². The maximum Gasteiger partial charge on any atom is 0.291 e. The van der Waals surface area contributed by atoms with Gasteiger partial charge in [0, 0.05) is 12.2 Å². The second-order valence-corrected chi connectivity index (χ2v) is 7.69. The van der Waals surface area contributed by atoms with Crippen molar-refractivity contribution in [1.82, 2.24) is 9.78 Å². The van der Waals surface area contributed by atoms with Gasteiger partial charge in [-0.1, -0.05) is 53.0 Å². The highest BCUT2D eigenvalue weighted by atomic mass is 35.5. The Morgan fingerprint density at radius 3 is 2.45 bits per heavy atom. The van der Waals surface area contributed by atoms with Crippen molar-refractivity contribution in [3.8, 4) is 5.69 Å². The van der Waals surface area contributed by atoms with Crippen LogP contribution in [0.1, 0.15) is 6.42 Å². The summed E-state index contributed by atoms with van der Waals surface area (Å²) in [5.41, 5.74) is 1.36. The van der Waals surface area contributed by atoms with Crippen LogP contribution in [0.4, 0.5) is 11.4 Å². The maximum absolute atomic E-state index is 12.8. The van der Waals surface area contributed by atoms with Crippen molar-refractivity contribution in [1.29, 1.82) is 0 Å². The van der Waals surface area contributed by atoms with Crippen molar-refractivity contribution < 1.29 is 4.79 Å². The lowest BCUT2D eigenvalue weighted by Crippen LogP contribution is -2.33. The number of amides is 1. The van der Waals surface area contributed by atoms with E-state index in [4.69, 9.17) is 34.8 Å². The number of aromatic nitrogens is 2. The Morgan fingerprint density at radius 2 is 1.72 bits per heavy atom. The first-order chi connectivity index (χ1) is 14.0. The minimum atomic E-state index is -0.541. The zero-order valence-electron chi connectivity index (χ0n) is 15.0. The summed E-state index contributed by atoms with van der Waals surface area (Å²) < 4.78 is 1.11. The van der Waals surface area contributed by atoms with E-state index in [2.05, 4.69) is 10.4 Å². The van der Waals surface area contributed by atoms with E-state index >= 15 is 0 Å². The van der Waals surface area contributed by atoms with Gasteiger partial charge in [0.15, 0.2) is 0 Å². The lowest BCUT2D eigenvalue weighted by atomic mass is 10.2. The molecule has 2 heterocycles. The Labute approximate surface area is 181 Å². The Kier molecular flexibility index (Phi) is 5.50. The molecule has 0 spiro atoms. The number of nitrogens with one attached hydrogen (secondary N) is 1. The third-order valence-corrected chi connectivity index (χ3v) is 5.74. The van der Waals surface area contributed by atoms with Crippen molar-refractivity contribution in [2.45, 2.75) is 12.5 Å². The molecular weight excluding hydrogens is 435 g/mol. The normalized spacial score (nSPS) is 16.3. The van der Waals surface area contributed by atoms with Crippen LogP contribution >= 0.6 is 34.8 Å². The minimum Gasteiger partial charge on any atom is -0.372 e. The molecule has 1 N–H and O–H groups in total. The van der Waals surface area contributed by atoms with Gasteiger partial charge in [0.25, 0.3) is 5.56 Å². The van der Waals surface area contributed by atoms with E-state index in [9.17, 15) is 9.59 Å². The predicted molar refractivity (Wildman–Crippen MR) is 116 cm³/mol. The molecule has 1 aromatic heterocycles. The number of hydrogen-bond acceptors (Lipinski definition) is 4. The summed E-state index contributed by atoms with van der Waals surface area (Å²) in [6.07, 6.45) is 1.94. The first-order valence-corrected chi connectivity index (χ1v) is 9.95. The summed E-state index contributed by atoms with van der Waals surface area (Å²) in [5.74, 6) is -0.0151. The highest BCUT2D eigenvalue weighted by Crippen LogP contribution is 2.29. The van der Waals surface area contributed by atoms with Gasteiger partial charge in [-0.25, -0.2) is 0 Å². The average Bonchev–Trinajstić information content (AvgIpc) is 3.09. The van der Waals surface area contributed by atoms with Crippen LogP contribution in [0.2, 0.25) is 15.1 Å². The Morgan fingerprint density at radius 1 is 0.966 bits per heavy atom. The molecule has 1 atom stereocenters. The molecule has 1 aliphatic rings. The first kappa shape index (κ1) is 19.8. The molecule has 4 rings (SSSR count). The van der Waals surface area contributed by atoms with E-state index in [0.29, 0.717) is 29.4 Å². The summed E-state index contributed by atoms with van der Waals surface area (Å²) >= 11 is 18.1. The van der Waals surface area contributed by atoms with Crippen molar-refractivity contribution in [2.75, 3.05) is 16.8 Å². The van der Waals surface area contributed by atoms with Gasteiger partial charge in [-0.2, -0.15) is 9.78 Å². The molecule has 0 saturated carbocycles. The third kappa shape index (κ3) is 3.83. The lowest BCUT2D eigenvalue weighted by Gasteiger charge is -2.18. The van der Waals surface area contributed by atoms with Crippen molar-refractivity contribution in [3.63, 3.8) is 0 Å². The fourth-order valence-electron chi connectivity index (χ4n) is 3.22. The van der Waals surface area contributed by atoms with E-state index < -0.39 is 5.56 Å². The first-order valence-electron chi connectivity index (χ1n) is 8.82. The van der Waals surface area contributed by atoms with Crippen LogP contribution in [0.5, 0.6) is 0 Å². The number of carbonyl (C=O) groups is 1. The molecule has 6 nitrogen and oxygen atoms in total. The molecule has 2 aromatic carbocycles. The summed E-state index contributed by atoms with van der Waals surface area (Å²) in [6, 6.07) is 14.1. The molecule has 1 unspecified atom stereocenters. The van der Waals surface area contributed by atoms with E-state index in [-0.39, 0.29) is 22.0 Å². The summed E-state index contributed by atoms with van der Waals surface area (Å²) in [4.78, 5) is 26.8. The molecular formula is C20H15Cl3N4O2. The Bertz CT molecular complexity index is 1130. The van der Waals surface area contributed by atoms with Crippen LogP contribution in [0.15, 0.2) is 59.5 Å². The monoisotopic (exact) mass is 448 g/mol. The van der Waals surface area contributed by atoms with E-state index in [0.717, 1.165) is 10.4 Å². The summed E-state index contributed by atoms with van der Waals surface area (Å²) in [5, 5.41) is 7.51. The van der Waals surface area contributed by atoms with Crippen LogP contribution in [0, 0.1) is 0 Å². The molecule has 1 fully saturated rings. The fraction of sp³-hybridized carbons (Fsp3) is 0.150. The molecule has 1 aliphatic heterocycles. The van der Waals surface area contributed by atoms with Gasteiger partial charge in [0.1, 0.15) is 11.1 Å². The van der Waals surface area contributed by atoms with E-state index in [1.165, 1.54) is 6.20 Å². The summed E-state index contributed by atoms with van der Waals surface area (Å²) in [7, 11) is 0. The van der Waals surface area contributed by atoms with E-state index in [1.54, 1.807) is 23.1 Å². The van der Waals surface area contributed by atoms with E-state index in [1.807, 2.05) is 30.3 Å². The number of nitrogens with zero attached hydrogens (tertiary/aromatic N) is 3. The molecule has 148 valence electrons. The number of hydrogen-bond donors (Lipinski definition) is 1. The number of anilines is 2. The van der Waals surface area contributed by atoms with Crippen LogP contribution < -0.4 is 15.8 Å². The average molecular weight is 450 g/mol. The minimum absolute atomic E-state index is 0.0151. The van der Waals surface area contributed by atoms with Crippen LogP contribution in [0.3, 0.4) is 0 Å². The van der Waals surface area contributed by atoms with Gasteiger partial charge in [0.05, 0.1) is 27.6 Å². The van der Waals surface area contributed by atoms with Gasteiger partial charge < -0.3 is 10.2 Å². The van der Waals surface area contributed by atoms with Crippen molar-refractivity contribution in [2.24, 2.45) is 0 Å². The van der Waals surface area contributed by atoms with Crippen LogP contribution in [-0.2, 0) is 4.79 Å². The number of rotatable bonds is 4. The number of halogens is 3. The third-order valence-electron chi connectivity index (χ3n) is 4.68. The van der Waals surface area contributed by atoms with Crippen molar-refractivity contribution in [3.05, 3.63) is 80.1 Å². The second-order valence-electron chi connectivity index (χ2n) is 6.50. The fourth-order valence-corrected chi connectivity index (χ4v) is 3.70. The number of benzene rings is 2. The molecule has 0 aliphatic carbocycles. The SMILES string of the molecule is O=C1C(Nc2ccc(-n3ncc(Cl)c(Cl)c3=O)cc2Cl)CCN1c1ccccc1. The Balaban J connectivity index is 1.55. The predicted octanol–water partition coefficient (Wildman–Crippen LogP) is 4.41. The molecule has 9 heteroatoms. The molecule has 1 saturated heterocycles. The quantitative estimate of drug-likeness (QED) is 0.641. The standard InChI is InChI=1S/C20H15Cl3N4O2/c21-14-10-13(27-20(29)18(23)15(22)11-24-27)6-7-16(14)25-17-8-9-26(19(17)28)12-4-2-1-3-5-12/h1-7,10-11,17,25H,8-9H2. The van der Waals surface area contributed by atoms with Crippen LogP contribution in [0.25, 0.3) is 5.69 Å². The largest absolute Gasteiger partial charge is 0.372 e. The number of para-hydroxylation sites is 1. The van der Waals surface area contributed by atoms with Crippen LogP contribution in [-0.4, -0.2) is 28.3 Å². The molecule has 29 heavy (non-hydrogen) atoms. The van der Waals surface area contributed by atoms with Gasteiger partial charge in [-0.05, 0) is 36.8 Å². The molecule has 1 amide bonds. The Hall–Kier alpha value is -2.54. The number of carbonyl (C=O) groups excluding carboxylic acids is 1. The highest BCUT2D eigenvalue weighted by molar-refractivity contribution is 6.41. The zero-order valence-corrected chi connectivity index (χ0v) is 17.2. The molecule has 0 bridgehead atoms. The molecule has 3 aromatic rings. The second kappa shape index (κ2) is 8.06. The highest BCUT2D eigenvalue weighted by Gasteiger charge is 2.32. The van der Waals surface area contributed by atoms with Crippen molar-refractivity contribution >= 4 is 52.1 Å². The van der Waals surface area contributed by atoms with Gasteiger partial charge >= 0.3 is 0 Å². The zero-order chi connectivity index (χ0) is 20.5. The van der Waals surface area contributed by atoms with Gasteiger partial charge in [-0.3, -0.25) is 9.59 Å². The summed E-state index contributed by atoms with van der Waals surface area (Å²) in [6.45, 7) is 0.624. The molecule has 0 radical (unpaired) electrons. The van der Waals surface area contributed by atoms with Gasteiger partial charge in [-0.15, -0.1) is 0 Å². The maximum atomic E-state index is 12.8.